The molecule has 1 aromatic carbocycles. The van der Waals surface area contributed by atoms with Gasteiger partial charge in [-0.1, -0.05) is 24.3 Å². The van der Waals surface area contributed by atoms with Crippen LogP contribution in [0, 0.1) is 0 Å². The zero-order valence-electron chi connectivity index (χ0n) is 10.8. The highest BCUT2D eigenvalue weighted by molar-refractivity contribution is 5.83. The monoisotopic (exact) mass is 255 g/mol. The van der Waals surface area contributed by atoms with Crippen LogP contribution in [0.5, 0.6) is 0 Å². The van der Waals surface area contributed by atoms with Crippen LogP contribution in [0.2, 0.25) is 0 Å². The highest BCUT2D eigenvalue weighted by Crippen LogP contribution is 2.37. The van der Waals surface area contributed by atoms with Crippen LogP contribution in [0.3, 0.4) is 0 Å². The van der Waals surface area contributed by atoms with Gasteiger partial charge in [0.15, 0.2) is 5.79 Å². The van der Waals surface area contributed by atoms with Gasteiger partial charge in [-0.25, -0.2) is 0 Å². The molecule has 0 unspecified atom stereocenters. The van der Waals surface area contributed by atoms with E-state index in [-0.39, 0.29) is 5.79 Å². The minimum Gasteiger partial charge on any atom is -0.347 e. The molecule has 2 aliphatic rings. The molecule has 0 radical (unpaired) electrons. The number of rotatable bonds is 1. The normalized spacial score (nSPS) is 22.0. The summed E-state index contributed by atoms with van der Waals surface area (Å²) in [6.07, 6.45) is 7.23. The fourth-order valence-corrected chi connectivity index (χ4v) is 3.11. The smallest absolute Gasteiger partial charge is 0.172 e. The average molecular weight is 255 g/mol. The first-order valence-electron chi connectivity index (χ1n) is 6.90. The van der Waals surface area contributed by atoms with Crippen LogP contribution >= 0.6 is 0 Å². The fourth-order valence-electron chi connectivity index (χ4n) is 3.11. The van der Waals surface area contributed by atoms with Crippen molar-refractivity contribution in [2.24, 2.45) is 0 Å². The van der Waals surface area contributed by atoms with E-state index in [2.05, 4.69) is 47.2 Å². The van der Waals surface area contributed by atoms with Crippen molar-refractivity contribution >= 4 is 16.6 Å². The Morgan fingerprint density at radius 3 is 2.68 bits per heavy atom. The molecule has 1 aliphatic heterocycles. The Labute approximate surface area is 112 Å². The van der Waals surface area contributed by atoms with Gasteiger partial charge in [0.2, 0.25) is 0 Å². The molecule has 19 heavy (non-hydrogen) atoms. The lowest BCUT2D eigenvalue weighted by molar-refractivity contribution is -0.160. The number of aromatic nitrogens is 1. The van der Waals surface area contributed by atoms with E-state index in [4.69, 9.17) is 9.47 Å². The largest absolute Gasteiger partial charge is 0.347 e. The summed E-state index contributed by atoms with van der Waals surface area (Å²) < 4.78 is 13.8. The highest BCUT2D eigenvalue weighted by atomic mass is 16.7. The number of hydrogen-bond donors (Lipinski definition) is 0. The third-order valence-corrected chi connectivity index (χ3v) is 4.13. The second-order valence-corrected chi connectivity index (χ2v) is 5.25. The maximum atomic E-state index is 5.76. The Kier molecular flexibility index (Phi) is 2.50. The minimum absolute atomic E-state index is 0.327. The summed E-state index contributed by atoms with van der Waals surface area (Å²) >= 11 is 0. The van der Waals surface area contributed by atoms with Crippen LogP contribution in [-0.4, -0.2) is 23.6 Å². The molecular formula is C16H17NO2. The van der Waals surface area contributed by atoms with E-state index >= 15 is 0 Å². The van der Waals surface area contributed by atoms with Gasteiger partial charge < -0.3 is 14.0 Å². The average Bonchev–Trinajstić information content (AvgIpc) is 3.08. The van der Waals surface area contributed by atoms with E-state index in [1.807, 2.05) is 0 Å². The lowest BCUT2D eigenvalue weighted by atomic mass is 9.98. The van der Waals surface area contributed by atoms with E-state index in [0.717, 1.165) is 32.5 Å². The van der Waals surface area contributed by atoms with Gasteiger partial charge in [0.25, 0.3) is 0 Å². The van der Waals surface area contributed by atoms with Crippen molar-refractivity contribution in [3.05, 3.63) is 42.6 Å². The quantitative estimate of drug-likeness (QED) is 0.779. The maximum Gasteiger partial charge on any atom is 0.172 e. The van der Waals surface area contributed by atoms with E-state index in [1.165, 1.54) is 16.6 Å². The molecule has 4 rings (SSSR count). The number of ether oxygens (including phenoxy) is 2. The second-order valence-electron chi connectivity index (χ2n) is 5.25. The van der Waals surface area contributed by atoms with Gasteiger partial charge in [-0.15, -0.1) is 0 Å². The van der Waals surface area contributed by atoms with Crippen LogP contribution in [0.1, 0.15) is 19.3 Å². The van der Waals surface area contributed by atoms with E-state index in [9.17, 15) is 0 Å². The van der Waals surface area contributed by atoms with Crippen molar-refractivity contribution < 1.29 is 9.47 Å². The molecule has 1 saturated heterocycles. The van der Waals surface area contributed by atoms with Crippen LogP contribution in [-0.2, 0) is 9.47 Å². The third kappa shape index (κ3) is 1.81. The first-order chi connectivity index (χ1) is 9.36. The molecule has 2 heterocycles. The molecule has 0 bridgehead atoms. The van der Waals surface area contributed by atoms with Crippen molar-refractivity contribution in [1.29, 1.82) is 0 Å². The first kappa shape index (κ1) is 11.3. The second kappa shape index (κ2) is 4.22. The molecule has 2 aromatic rings. The lowest BCUT2D eigenvalue weighted by Crippen LogP contribution is -2.32. The zero-order valence-corrected chi connectivity index (χ0v) is 10.8. The van der Waals surface area contributed by atoms with E-state index < -0.39 is 0 Å². The summed E-state index contributed by atoms with van der Waals surface area (Å²) in [6.45, 7) is 1.46. The minimum atomic E-state index is -0.327. The van der Waals surface area contributed by atoms with Crippen LogP contribution in [0.15, 0.2) is 42.6 Å². The maximum absolute atomic E-state index is 5.76. The molecule has 98 valence electrons. The topological polar surface area (TPSA) is 23.4 Å². The molecule has 0 N–H and O–H groups in total. The highest BCUT2D eigenvalue weighted by Gasteiger charge is 2.37. The Balaban J connectivity index is 1.68. The summed E-state index contributed by atoms with van der Waals surface area (Å²) in [6, 6.07) is 10.7. The van der Waals surface area contributed by atoms with E-state index in [1.54, 1.807) is 0 Å². The predicted molar refractivity (Wildman–Crippen MR) is 74.7 cm³/mol. The molecule has 0 atom stereocenters. The number of fused-ring (bicyclic) bond motifs is 1. The Morgan fingerprint density at radius 1 is 1.05 bits per heavy atom. The molecule has 3 heteroatoms. The van der Waals surface area contributed by atoms with Crippen LogP contribution in [0.4, 0.5) is 0 Å². The molecule has 1 fully saturated rings. The number of allylic oxidation sites excluding steroid dienone is 1. The standard InChI is InChI=1S/C16H17NO2/c1-2-4-15-13(3-1)7-10-17(15)14-5-8-16(9-6-14)18-11-12-19-16/h1-5,7,10H,6,8-9,11-12H2. The third-order valence-electron chi connectivity index (χ3n) is 4.13. The number of hydrogen-bond acceptors (Lipinski definition) is 2. The van der Waals surface area contributed by atoms with Gasteiger partial charge in [0.1, 0.15) is 0 Å². The molecule has 1 aliphatic carbocycles. The van der Waals surface area contributed by atoms with Gasteiger partial charge >= 0.3 is 0 Å². The fraction of sp³-hybridized carbons (Fsp3) is 0.375. The Bertz CT molecular complexity index is 635. The van der Waals surface area contributed by atoms with Gasteiger partial charge in [-0.2, -0.15) is 0 Å². The number of para-hydroxylation sites is 1. The van der Waals surface area contributed by atoms with Crippen molar-refractivity contribution in [3.8, 4) is 0 Å². The van der Waals surface area contributed by atoms with Crippen molar-refractivity contribution in [2.75, 3.05) is 13.2 Å². The van der Waals surface area contributed by atoms with Gasteiger partial charge in [0.05, 0.1) is 18.7 Å². The summed E-state index contributed by atoms with van der Waals surface area (Å²) in [4.78, 5) is 0. The molecule has 0 saturated carbocycles. The summed E-state index contributed by atoms with van der Waals surface area (Å²) in [7, 11) is 0. The van der Waals surface area contributed by atoms with Crippen molar-refractivity contribution in [3.63, 3.8) is 0 Å². The summed E-state index contributed by atoms with van der Waals surface area (Å²) in [5.41, 5.74) is 2.63. The number of benzene rings is 1. The van der Waals surface area contributed by atoms with Crippen LogP contribution < -0.4 is 0 Å². The molecular weight excluding hydrogens is 238 g/mol. The number of nitrogens with zero attached hydrogens (tertiary/aromatic N) is 1. The lowest BCUT2D eigenvalue weighted by Gasteiger charge is -2.31. The summed E-state index contributed by atoms with van der Waals surface area (Å²) in [5, 5.41) is 1.29. The first-order valence-corrected chi connectivity index (χ1v) is 6.90. The zero-order chi connectivity index (χ0) is 12.7. The van der Waals surface area contributed by atoms with Gasteiger partial charge in [-0.3, -0.25) is 0 Å². The van der Waals surface area contributed by atoms with Crippen molar-refractivity contribution in [1.82, 2.24) is 4.57 Å². The SMILES string of the molecule is C1=C(n2ccc3ccccc32)CCC2(C1)OCCO2. The van der Waals surface area contributed by atoms with Gasteiger partial charge in [-0.05, 0) is 23.9 Å². The molecule has 0 amide bonds. The molecule has 1 aromatic heterocycles. The van der Waals surface area contributed by atoms with E-state index in [0.29, 0.717) is 0 Å². The Morgan fingerprint density at radius 2 is 1.89 bits per heavy atom. The van der Waals surface area contributed by atoms with Crippen LogP contribution in [0.25, 0.3) is 16.6 Å². The molecule has 3 nitrogen and oxygen atoms in total. The Hall–Kier alpha value is -1.58. The summed E-state index contributed by atoms with van der Waals surface area (Å²) in [5.74, 6) is -0.327. The van der Waals surface area contributed by atoms with Gasteiger partial charge in [0, 0.05) is 24.7 Å². The predicted octanol–water partition coefficient (Wildman–Crippen LogP) is 3.41. The van der Waals surface area contributed by atoms with Crippen molar-refractivity contribution in [2.45, 2.75) is 25.0 Å². The molecule has 1 spiro atoms.